The number of rotatable bonds is 8. The molecular weight excluding hydrogens is 352 g/mol. The van der Waals surface area contributed by atoms with Gasteiger partial charge in [0.1, 0.15) is 11.5 Å². The topological polar surface area (TPSA) is 52.6 Å². The first-order valence-electron chi connectivity index (χ1n) is 10.1. The number of benzene rings is 1. The number of carbonyl (C=O) groups is 2. The SMILES string of the molecule is C/C=C\CCCC(=O)OC(C)C.COc1ccc(/C=C/C2CCC(=O)C2)cc1. The fourth-order valence-electron chi connectivity index (χ4n) is 2.82. The Balaban J connectivity index is 0.000000295. The Kier molecular flexibility index (Phi) is 11.6. The van der Waals surface area contributed by atoms with Crippen LogP contribution in [0, 0.1) is 5.92 Å². The second kappa shape index (κ2) is 13.8. The third-order valence-corrected chi connectivity index (χ3v) is 4.32. The average molecular weight is 387 g/mol. The molecule has 1 unspecified atom stereocenters. The molecule has 0 amide bonds. The summed E-state index contributed by atoms with van der Waals surface area (Å²) < 4.78 is 10.1. The Bertz CT molecular complexity index is 641. The maximum atomic E-state index is 11.1. The maximum Gasteiger partial charge on any atom is 0.306 e. The molecule has 4 nitrogen and oxygen atoms in total. The number of ether oxygens (including phenoxy) is 2. The quantitative estimate of drug-likeness (QED) is 0.324. The molecule has 0 aliphatic heterocycles. The molecule has 4 heteroatoms. The highest BCUT2D eigenvalue weighted by Gasteiger charge is 2.19. The summed E-state index contributed by atoms with van der Waals surface area (Å²) in [4.78, 5) is 22.1. The molecular formula is C24H34O4. The van der Waals surface area contributed by atoms with E-state index < -0.39 is 0 Å². The van der Waals surface area contributed by atoms with Crippen molar-refractivity contribution in [2.24, 2.45) is 5.92 Å². The molecule has 154 valence electrons. The summed E-state index contributed by atoms with van der Waals surface area (Å²) in [5, 5.41) is 0. The van der Waals surface area contributed by atoms with Crippen LogP contribution in [0.3, 0.4) is 0 Å². The lowest BCUT2D eigenvalue weighted by Gasteiger charge is -2.06. The minimum atomic E-state index is -0.0884. The summed E-state index contributed by atoms with van der Waals surface area (Å²) in [6.07, 6.45) is 13.1. The standard InChI is InChI=1S/C14H16O2.C10H18O2/c1-16-14-8-5-11(6-9-14)2-3-12-4-7-13(15)10-12;1-4-5-6-7-8-10(11)12-9(2)3/h2-3,5-6,8-9,12H,4,7,10H2,1H3;4-5,9H,6-8H2,1-3H3/b3-2+;5-4-. The van der Waals surface area contributed by atoms with E-state index in [0.29, 0.717) is 24.5 Å². The summed E-state index contributed by atoms with van der Waals surface area (Å²) >= 11 is 0. The Morgan fingerprint density at radius 2 is 1.96 bits per heavy atom. The Morgan fingerprint density at radius 3 is 2.50 bits per heavy atom. The van der Waals surface area contributed by atoms with Crippen LogP contribution in [0.15, 0.2) is 42.5 Å². The fraction of sp³-hybridized carbons (Fsp3) is 0.500. The third-order valence-electron chi connectivity index (χ3n) is 4.32. The molecule has 1 aliphatic rings. The number of hydrogen-bond acceptors (Lipinski definition) is 4. The van der Waals surface area contributed by atoms with Gasteiger partial charge in [-0.2, -0.15) is 0 Å². The van der Waals surface area contributed by atoms with Gasteiger partial charge < -0.3 is 9.47 Å². The molecule has 28 heavy (non-hydrogen) atoms. The molecule has 1 atom stereocenters. The lowest BCUT2D eigenvalue weighted by molar-refractivity contribution is -0.147. The van der Waals surface area contributed by atoms with Crippen molar-refractivity contribution in [3.05, 3.63) is 48.1 Å². The molecule has 1 aromatic carbocycles. The van der Waals surface area contributed by atoms with Crippen molar-refractivity contribution in [3.63, 3.8) is 0 Å². The predicted octanol–water partition coefficient (Wildman–Crippen LogP) is 5.76. The van der Waals surface area contributed by atoms with Crippen molar-refractivity contribution >= 4 is 17.8 Å². The minimum absolute atomic E-state index is 0.0132. The molecule has 0 aromatic heterocycles. The first-order chi connectivity index (χ1) is 13.4. The first kappa shape index (κ1) is 23.7. The van der Waals surface area contributed by atoms with E-state index in [-0.39, 0.29) is 12.1 Å². The predicted molar refractivity (Wildman–Crippen MR) is 114 cm³/mol. The largest absolute Gasteiger partial charge is 0.497 e. The van der Waals surface area contributed by atoms with Gasteiger partial charge in [-0.05, 0) is 63.6 Å². The van der Waals surface area contributed by atoms with E-state index in [4.69, 9.17) is 9.47 Å². The van der Waals surface area contributed by atoms with Gasteiger partial charge in [-0.25, -0.2) is 0 Å². The summed E-state index contributed by atoms with van der Waals surface area (Å²) in [5.41, 5.74) is 1.15. The van der Waals surface area contributed by atoms with Crippen LogP contribution >= 0.6 is 0 Å². The monoisotopic (exact) mass is 386 g/mol. The molecule has 0 spiro atoms. The molecule has 1 fully saturated rings. The highest BCUT2D eigenvalue weighted by atomic mass is 16.5. The zero-order valence-corrected chi connectivity index (χ0v) is 17.6. The molecule has 0 heterocycles. The van der Waals surface area contributed by atoms with Gasteiger partial charge in [0, 0.05) is 19.3 Å². The smallest absolute Gasteiger partial charge is 0.306 e. The van der Waals surface area contributed by atoms with Gasteiger partial charge in [0.05, 0.1) is 13.2 Å². The maximum absolute atomic E-state index is 11.1. The number of ketones is 1. The number of carbonyl (C=O) groups excluding carboxylic acids is 2. The fourth-order valence-corrected chi connectivity index (χ4v) is 2.82. The second-order valence-electron chi connectivity index (χ2n) is 7.17. The summed E-state index contributed by atoms with van der Waals surface area (Å²) in [6.45, 7) is 5.71. The third kappa shape index (κ3) is 10.7. The van der Waals surface area contributed by atoms with Gasteiger partial charge in [-0.3, -0.25) is 9.59 Å². The number of methoxy groups -OCH3 is 1. The van der Waals surface area contributed by atoms with E-state index in [1.54, 1.807) is 7.11 Å². The van der Waals surface area contributed by atoms with Crippen molar-refractivity contribution < 1.29 is 19.1 Å². The van der Waals surface area contributed by atoms with Crippen LogP contribution in [0.2, 0.25) is 0 Å². The molecule has 1 saturated carbocycles. The molecule has 2 rings (SSSR count). The Hall–Kier alpha value is -2.36. The van der Waals surface area contributed by atoms with Crippen LogP contribution in [0.1, 0.15) is 64.9 Å². The normalized spacial score (nSPS) is 16.5. The van der Waals surface area contributed by atoms with Gasteiger partial charge in [-0.15, -0.1) is 0 Å². The zero-order valence-electron chi connectivity index (χ0n) is 17.6. The summed E-state index contributed by atoms with van der Waals surface area (Å²) in [5.74, 6) is 1.61. The summed E-state index contributed by atoms with van der Waals surface area (Å²) in [6, 6.07) is 7.93. The van der Waals surface area contributed by atoms with Crippen molar-refractivity contribution in [1.82, 2.24) is 0 Å². The van der Waals surface area contributed by atoms with Gasteiger partial charge in [0.25, 0.3) is 0 Å². The number of esters is 1. The van der Waals surface area contributed by atoms with Crippen molar-refractivity contribution in [1.29, 1.82) is 0 Å². The van der Waals surface area contributed by atoms with Crippen LogP contribution < -0.4 is 4.74 Å². The lowest BCUT2D eigenvalue weighted by atomic mass is 10.1. The van der Waals surface area contributed by atoms with E-state index in [1.165, 1.54) is 0 Å². The number of Topliss-reactive ketones (excluding diaryl/α,β-unsaturated/α-hetero) is 1. The second-order valence-corrected chi connectivity index (χ2v) is 7.17. The average Bonchev–Trinajstić information content (AvgIpc) is 3.09. The van der Waals surface area contributed by atoms with E-state index in [9.17, 15) is 9.59 Å². The van der Waals surface area contributed by atoms with Gasteiger partial charge in [0.15, 0.2) is 0 Å². The number of hydrogen-bond donors (Lipinski definition) is 0. The van der Waals surface area contributed by atoms with Gasteiger partial charge >= 0.3 is 5.97 Å². The van der Waals surface area contributed by atoms with Crippen molar-refractivity contribution in [2.75, 3.05) is 7.11 Å². The Morgan fingerprint density at radius 1 is 1.25 bits per heavy atom. The van der Waals surface area contributed by atoms with E-state index in [2.05, 4.69) is 18.2 Å². The molecule has 0 bridgehead atoms. The molecule has 0 radical (unpaired) electrons. The minimum Gasteiger partial charge on any atom is -0.497 e. The molecule has 1 aliphatic carbocycles. The zero-order chi connectivity index (χ0) is 20.8. The van der Waals surface area contributed by atoms with Gasteiger partial charge in [0.2, 0.25) is 0 Å². The van der Waals surface area contributed by atoms with Crippen molar-refractivity contribution in [2.45, 2.75) is 65.4 Å². The van der Waals surface area contributed by atoms with Crippen LogP contribution in [0.25, 0.3) is 6.08 Å². The van der Waals surface area contributed by atoms with E-state index in [0.717, 1.165) is 37.0 Å². The van der Waals surface area contributed by atoms with E-state index >= 15 is 0 Å². The van der Waals surface area contributed by atoms with E-state index in [1.807, 2.05) is 51.1 Å². The first-order valence-corrected chi connectivity index (χ1v) is 10.1. The molecule has 1 aromatic rings. The highest BCUT2D eigenvalue weighted by Crippen LogP contribution is 2.24. The summed E-state index contributed by atoms with van der Waals surface area (Å²) in [7, 11) is 1.66. The Labute approximate surface area is 169 Å². The van der Waals surface area contributed by atoms with Crippen LogP contribution in [-0.4, -0.2) is 25.0 Å². The highest BCUT2D eigenvalue weighted by molar-refractivity contribution is 5.81. The van der Waals surface area contributed by atoms with Crippen LogP contribution in [0.4, 0.5) is 0 Å². The molecule has 0 N–H and O–H groups in total. The van der Waals surface area contributed by atoms with Crippen LogP contribution in [-0.2, 0) is 14.3 Å². The lowest BCUT2D eigenvalue weighted by Crippen LogP contribution is -2.10. The number of unbranched alkanes of at least 4 members (excludes halogenated alkanes) is 1. The number of allylic oxidation sites excluding steroid dienone is 3. The van der Waals surface area contributed by atoms with Gasteiger partial charge in [-0.1, -0.05) is 36.4 Å². The van der Waals surface area contributed by atoms with Crippen molar-refractivity contribution in [3.8, 4) is 5.75 Å². The van der Waals surface area contributed by atoms with Crippen LogP contribution in [0.5, 0.6) is 5.75 Å². The molecule has 0 saturated heterocycles.